The fraction of sp³-hybridized carbons (Fsp3) is 0.294. The molecule has 1 nitrogen and oxygen atoms in total. The topological polar surface area (TPSA) is 12.0 Å². The van der Waals surface area contributed by atoms with Crippen LogP contribution in [0.25, 0.3) is 0 Å². The quantitative estimate of drug-likeness (QED) is 0.828. The fourth-order valence-electron chi connectivity index (χ4n) is 2.40. The highest BCUT2D eigenvalue weighted by atomic mass is 79.9. The average molecular weight is 336 g/mol. The van der Waals surface area contributed by atoms with Crippen LogP contribution in [-0.4, -0.2) is 6.54 Å². The van der Waals surface area contributed by atoms with E-state index in [1.807, 2.05) is 25.1 Å². The number of halogens is 2. The molecule has 0 heterocycles. The maximum atomic E-state index is 13.2. The predicted molar refractivity (Wildman–Crippen MR) is 85.4 cm³/mol. The Morgan fingerprint density at radius 2 is 1.95 bits per heavy atom. The molecule has 0 fully saturated rings. The number of benzene rings is 2. The third-order valence-corrected chi connectivity index (χ3v) is 4.18. The van der Waals surface area contributed by atoms with Crippen molar-refractivity contribution in [1.29, 1.82) is 0 Å². The minimum absolute atomic E-state index is 0.174. The molecular formula is C17H19BrFN. The first-order valence-electron chi connectivity index (χ1n) is 6.84. The van der Waals surface area contributed by atoms with Gasteiger partial charge in [-0.25, -0.2) is 4.39 Å². The third kappa shape index (κ3) is 3.68. The van der Waals surface area contributed by atoms with Gasteiger partial charge in [0.15, 0.2) is 0 Å². The van der Waals surface area contributed by atoms with Gasteiger partial charge in [-0.05, 0) is 54.8 Å². The first-order valence-corrected chi connectivity index (χ1v) is 7.64. The molecular weight excluding hydrogens is 317 g/mol. The highest BCUT2D eigenvalue weighted by Crippen LogP contribution is 2.27. The lowest BCUT2D eigenvalue weighted by molar-refractivity contribution is 0.545. The van der Waals surface area contributed by atoms with Gasteiger partial charge in [-0.15, -0.1) is 0 Å². The van der Waals surface area contributed by atoms with Crippen LogP contribution < -0.4 is 5.32 Å². The van der Waals surface area contributed by atoms with Crippen molar-refractivity contribution in [2.75, 3.05) is 6.54 Å². The summed E-state index contributed by atoms with van der Waals surface area (Å²) in [6.45, 7) is 4.95. The number of hydrogen-bond donors (Lipinski definition) is 1. The van der Waals surface area contributed by atoms with Gasteiger partial charge in [0.1, 0.15) is 5.82 Å². The van der Waals surface area contributed by atoms with Gasteiger partial charge in [0.2, 0.25) is 0 Å². The van der Waals surface area contributed by atoms with E-state index in [1.165, 1.54) is 17.2 Å². The van der Waals surface area contributed by atoms with E-state index in [2.05, 4.69) is 40.3 Å². The highest BCUT2D eigenvalue weighted by Gasteiger charge is 2.15. The van der Waals surface area contributed by atoms with E-state index in [1.54, 1.807) is 6.07 Å². The predicted octanol–water partition coefficient (Wildman–Crippen LogP) is 4.79. The van der Waals surface area contributed by atoms with Crippen molar-refractivity contribution in [2.24, 2.45) is 0 Å². The SMILES string of the molecule is CCNC(Cc1ccc(F)cc1C)c1ccccc1Br. The van der Waals surface area contributed by atoms with Gasteiger partial charge in [-0.2, -0.15) is 0 Å². The van der Waals surface area contributed by atoms with Crippen LogP contribution in [0.4, 0.5) is 4.39 Å². The van der Waals surface area contributed by atoms with Gasteiger partial charge in [0.25, 0.3) is 0 Å². The van der Waals surface area contributed by atoms with Crippen LogP contribution in [0.2, 0.25) is 0 Å². The number of likely N-dealkylation sites (N-methyl/N-ethyl adjacent to an activating group) is 1. The summed E-state index contributed by atoms with van der Waals surface area (Å²) >= 11 is 3.61. The standard InChI is InChI=1S/C17H19BrFN/c1-3-20-17(15-6-4-5-7-16(15)18)11-13-8-9-14(19)10-12(13)2/h4-10,17,20H,3,11H2,1-2H3. The van der Waals surface area contributed by atoms with Crippen LogP contribution in [-0.2, 0) is 6.42 Å². The first kappa shape index (κ1) is 15.2. The largest absolute Gasteiger partial charge is 0.310 e. The lowest BCUT2D eigenvalue weighted by Crippen LogP contribution is -2.23. The zero-order chi connectivity index (χ0) is 14.5. The Bertz CT molecular complexity index is 583. The number of nitrogens with one attached hydrogen (secondary N) is 1. The van der Waals surface area contributed by atoms with Gasteiger partial charge in [-0.1, -0.05) is 47.1 Å². The van der Waals surface area contributed by atoms with Crippen molar-refractivity contribution in [3.63, 3.8) is 0 Å². The van der Waals surface area contributed by atoms with E-state index in [-0.39, 0.29) is 11.9 Å². The van der Waals surface area contributed by atoms with E-state index < -0.39 is 0 Å². The van der Waals surface area contributed by atoms with E-state index >= 15 is 0 Å². The summed E-state index contributed by atoms with van der Waals surface area (Å²) in [5, 5.41) is 3.51. The van der Waals surface area contributed by atoms with Gasteiger partial charge < -0.3 is 5.32 Å². The van der Waals surface area contributed by atoms with Gasteiger partial charge >= 0.3 is 0 Å². The van der Waals surface area contributed by atoms with Crippen molar-refractivity contribution < 1.29 is 4.39 Å². The van der Waals surface area contributed by atoms with Crippen LogP contribution in [0.3, 0.4) is 0 Å². The molecule has 0 aliphatic rings. The molecule has 0 aliphatic carbocycles. The zero-order valence-corrected chi connectivity index (χ0v) is 13.4. The van der Waals surface area contributed by atoms with Crippen molar-refractivity contribution in [3.05, 3.63) is 69.4 Å². The highest BCUT2D eigenvalue weighted by molar-refractivity contribution is 9.10. The molecule has 0 aliphatic heterocycles. The zero-order valence-electron chi connectivity index (χ0n) is 11.8. The molecule has 2 aromatic rings. The number of aryl methyl sites for hydroxylation is 1. The molecule has 0 aromatic heterocycles. The minimum atomic E-state index is -0.174. The first-order chi connectivity index (χ1) is 9.61. The third-order valence-electron chi connectivity index (χ3n) is 3.46. The molecule has 0 amide bonds. The summed E-state index contributed by atoms with van der Waals surface area (Å²) in [5.41, 5.74) is 3.41. The van der Waals surface area contributed by atoms with Crippen LogP contribution >= 0.6 is 15.9 Å². The van der Waals surface area contributed by atoms with Crippen molar-refractivity contribution >= 4 is 15.9 Å². The Hall–Kier alpha value is -1.19. The molecule has 0 spiro atoms. The second-order valence-corrected chi connectivity index (χ2v) is 5.76. The van der Waals surface area contributed by atoms with Crippen LogP contribution in [0.5, 0.6) is 0 Å². The van der Waals surface area contributed by atoms with Gasteiger partial charge in [-0.3, -0.25) is 0 Å². The molecule has 106 valence electrons. The lowest BCUT2D eigenvalue weighted by atomic mass is 9.96. The Morgan fingerprint density at radius 3 is 2.60 bits per heavy atom. The van der Waals surface area contributed by atoms with Gasteiger partial charge in [0.05, 0.1) is 0 Å². The maximum Gasteiger partial charge on any atom is 0.123 e. The number of hydrogen-bond acceptors (Lipinski definition) is 1. The Labute approximate surface area is 128 Å². The molecule has 3 heteroatoms. The summed E-state index contributed by atoms with van der Waals surface area (Å²) in [6.07, 6.45) is 0.850. The molecule has 1 N–H and O–H groups in total. The van der Waals surface area contributed by atoms with E-state index in [4.69, 9.17) is 0 Å². The summed E-state index contributed by atoms with van der Waals surface area (Å²) < 4.78 is 14.3. The normalized spacial score (nSPS) is 12.4. The molecule has 0 bridgehead atoms. The van der Waals surface area contributed by atoms with Crippen molar-refractivity contribution in [1.82, 2.24) is 5.32 Å². The van der Waals surface area contributed by atoms with E-state index in [0.29, 0.717) is 0 Å². The van der Waals surface area contributed by atoms with Crippen LogP contribution in [0, 0.1) is 12.7 Å². The van der Waals surface area contributed by atoms with Crippen molar-refractivity contribution in [2.45, 2.75) is 26.3 Å². The van der Waals surface area contributed by atoms with Gasteiger partial charge in [0, 0.05) is 10.5 Å². The average Bonchev–Trinajstić information content (AvgIpc) is 2.42. The van der Waals surface area contributed by atoms with Crippen LogP contribution in [0.15, 0.2) is 46.9 Å². The summed E-state index contributed by atoms with van der Waals surface area (Å²) in [6, 6.07) is 13.5. The summed E-state index contributed by atoms with van der Waals surface area (Å²) in [5.74, 6) is -0.174. The molecule has 1 unspecified atom stereocenters. The second-order valence-electron chi connectivity index (χ2n) is 4.91. The van der Waals surface area contributed by atoms with Crippen LogP contribution in [0.1, 0.15) is 29.7 Å². The lowest BCUT2D eigenvalue weighted by Gasteiger charge is -2.21. The molecule has 0 radical (unpaired) electrons. The smallest absolute Gasteiger partial charge is 0.123 e. The summed E-state index contributed by atoms with van der Waals surface area (Å²) in [4.78, 5) is 0. The molecule has 0 saturated heterocycles. The monoisotopic (exact) mass is 335 g/mol. The fourth-order valence-corrected chi connectivity index (χ4v) is 2.97. The summed E-state index contributed by atoms with van der Waals surface area (Å²) in [7, 11) is 0. The molecule has 20 heavy (non-hydrogen) atoms. The van der Waals surface area contributed by atoms with E-state index in [0.717, 1.165) is 23.0 Å². The Kier molecular flexibility index (Phi) is 5.32. The van der Waals surface area contributed by atoms with Crippen molar-refractivity contribution in [3.8, 4) is 0 Å². The maximum absolute atomic E-state index is 13.2. The Morgan fingerprint density at radius 1 is 1.20 bits per heavy atom. The molecule has 2 aromatic carbocycles. The number of rotatable bonds is 5. The molecule has 1 atom stereocenters. The Balaban J connectivity index is 2.28. The van der Waals surface area contributed by atoms with E-state index in [9.17, 15) is 4.39 Å². The minimum Gasteiger partial charge on any atom is -0.310 e. The second kappa shape index (κ2) is 7.00. The molecule has 2 rings (SSSR count). The molecule has 0 saturated carbocycles.